The molecular formula is C14H24N2O3. The average molecular weight is 268 g/mol. The van der Waals surface area contributed by atoms with Gasteiger partial charge in [0.05, 0.1) is 6.42 Å². The van der Waals surface area contributed by atoms with Crippen molar-refractivity contribution in [3.63, 3.8) is 0 Å². The highest BCUT2D eigenvalue weighted by atomic mass is 16.4. The van der Waals surface area contributed by atoms with Crippen molar-refractivity contribution in [3.8, 4) is 0 Å². The van der Waals surface area contributed by atoms with E-state index in [2.05, 4.69) is 12.2 Å². The number of hydrogen-bond donors (Lipinski definition) is 2. The van der Waals surface area contributed by atoms with E-state index in [-0.39, 0.29) is 17.9 Å². The number of amides is 2. The van der Waals surface area contributed by atoms with Crippen LogP contribution in [-0.4, -0.2) is 41.6 Å². The van der Waals surface area contributed by atoms with Crippen molar-refractivity contribution >= 4 is 12.0 Å². The van der Waals surface area contributed by atoms with Crippen molar-refractivity contribution in [2.45, 2.75) is 45.4 Å². The summed E-state index contributed by atoms with van der Waals surface area (Å²) in [6, 6.07) is -0.0207. The van der Waals surface area contributed by atoms with Gasteiger partial charge in [0.1, 0.15) is 0 Å². The Balaban J connectivity index is 1.78. The fourth-order valence-electron chi connectivity index (χ4n) is 3.14. The third-order valence-corrected chi connectivity index (χ3v) is 4.71. The van der Waals surface area contributed by atoms with E-state index in [9.17, 15) is 9.59 Å². The van der Waals surface area contributed by atoms with E-state index in [0.717, 1.165) is 45.2 Å². The third kappa shape index (κ3) is 3.39. The SMILES string of the molecule is CCC1CCN(C(=O)NCC2(CC(=O)O)CCC2)C1. The summed E-state index contributed by atoms with van der Waals surface area (Å²) in [4.78, 5) is 24.8. The largest absolute Gasteiger partial charge is 0.481 e. The van der Waals surface area contributed by atoms with Gasteiger partial charge in [0.15, 0.2) is 0 Å². The van der Waals surface area contributed by atoms with E-state index < -0.39 is 5.97 Å². The second-order valence-electron chi connectivity index (χ2n) is 6.09. The Morgan fingerprint density at radius 1 is 1.42 bits per heavy atom. The van der Waals surface area contributed by atoms with Crippen LogP contribution in [0.3, 0.4) is 0 Å². The Labute approximate surface area is 114 Å². The predicted molar refractivity (Wildman–Crippen MR) is 71.9 cm³/mol. The number of nitrogens with one attached hydrogen (secondary N) is 1. The molecule has 2 rings (SSSR count). The predicted octanol–water partition coefficient (Wildman–Crippen LogP) is 2.07. The highest BCUT2D eigenvalue weighted by molar-refractivity contribution is 5.74. The molecule has 2 aliphatic rings. The van der Waals surface area contributed by atoms with Gasteiger partial charge < -0.3 is 15.3 Å². The molecule has 1 saturated carbocycles. The summed E-state index contributed by atoms with van der Waals surface area (Å²) in [6.07, 6.45) is 5.28. The highest BCUT2D eigenvalue weighted by Crippen LogP contribution is 2.43. The van der Waals surface area contributed by atoms with E-state index in [1.165, 1.54) is 0 Å². The molecule has 5 heteroatoms. The Hall–Kier alpha value is -1.26. The maximum absolute atomic E-state index is 12.0. The van der Waals surface area contributed by atoms with Crippen LogP contribution in [0.4, 0.5) is 4.79 Å². The molecule has 1 unspecified atom stereocenters. The summed E-state index contributed by atoms with van der Waals surface area (Å²) in [6.45, 7) is 4.33. The van der Waals surface area contributed by atoms with Crippen molar-refractivity contribution in [1.29, 1.82) is 0 Å². The number of hydrogen-bond acceptors (Lipinski definition) is 2. The Morgan fingerprint density at radius 2 is 2.16 bits per heavy atom. The lowest BCUT2D eigenvalue weighted by Crippen LogP contribution is -2.47. The third-order valence-electron chi connectivity index (χ3n) is 4.71. The molecule has 5 nitrogen and oxygen atoms in total. The smallest absolute Gasteiger partial charge is 0.317 e. The van der Waals surface area contributed by atoms with Gasteiger partial charge in [0.2, 0.25) is 0 Å². The van der Waals surface area contributed by atoms with Crippen LogP contribution in [0.25, 0.3) is 0 Å². The molecule has 1 heterocycles. The number of nitrogens with zero attached hydrogens (tertiary/aromatic N) is 1. The number of carbonyl (C=O) groups is 2. The van der Waals surface area contributed by atoms with Crippen LogP contribution in [-0.2, 0) is 4.79 Å². The van der Waals surface area contributed by atoms with E-state index in [1.807, 2.05) is 4.90 Å². The molecule has 2 fully saturated rings. The van der Waals surface area contributed by atoms with E-state index in [1.54, 1.807) is 0 Å². The topological polar surface area (TPSA) is 69.6 Å². The summed E-state index contributed by atoms with van der Waals surface area (Å²) in [5.41, 5.74) is -0.189. The molecule has 108 valence electrons. The van der Waals surface area contributed by atoms with Crippen LogP contribution >= 0.6 is 0 Å². The summed E-state index contributed by atoms with van der Waals surface area (Å²) in [5.74, 6) is -0.136. The van der Waals surface area contributed by atoms with Crippen LogP contribution in [0.5, 0.6) is 0 Å². The van der Waals surface area contributed by atoms with Gasteiger partial charge in [-0.05, 0) is 30.6 Å². The number of carbonyl (C=O) groups excluding carboxylic acids is 1. The van der Waals surface area contributed by atoms with Gasteiger partial charge in [-0.2, -0.15) is 0 Å². The first-order valence-electron chi connectivity index (χ1n) is 7.29. The second kappa shape index (κ2) is 5.80. The lowest BCUT2D eigenvalue weighted by Gasteiger charge is -2.41. The number of aliphatic carboxylic acids is 1. The zero-order chi connectivity index (χ0) is 13.9. The molecular weight excluding hydrogens is 244 g/mol. The number of likely N-dealkylation sites (tertiary alicyclic amines) is 1. The molecule has 0 aromatic rings. The molecule has 19 heavy (non-hydrogen) atoms. The van der Waals surface area contributed by atoms with Crippen molar-refractivity contribution in [2.75, 3.05) is 19.6 Å². The zero-order valence-corrected chi connectivity index (χ0v) is 11.7. The molecule has 1 atom stereocenters. The zero-order valence-electron chi connectivity index (χ0n) is 11.7. The second-order valence-corrected chi connectivity index (χ2v) is 6.09. The van der Waals surface area contributed by atoms with Gasteiger partial charge in [0, 0.05) is 19.6 Å². The number of carboxylic acid groups (broad SMARTS) is 1. The first-order chi connectivity index (χ1) is 9.04. The maximum Gasteiger partial charge on any atom is 0.317 e. The van der Waals surface area contributed by atoms with Crippen LogP contribution < -0.4 is 5.32 Å². The van der Waals surface area contributed by atoms with Gasteiger partial charge in [0.25, 0.3) is 0 Å². The summed E-state index contributed by atoms with van der Waals surface area (Å²) < 4.78 is 0. The lowest BCUT2D eigenvalue weighted by atomic mass is 9.66. The molecule has 0 spiro atoms. The Bertz CT molecular complexity index is 353. The fourth-order valence-corrected chi connectivity index (χ4v) is 3.14. The van der Waals surface area contributed by atoms with E-state index in [4.69, 9.17) is 5.11 Å². The molecule has 0 aromatic heterocycles. The minimum absolute atomic E-state index is 0.0207. The first-order valence-corrected chi connectivity index (χ1v) is 7.29. The lowest BCUT2D eigenvalue weighted by molar-refractivity contribution is -0.141. The Kier molecular flexibility index (Phi) is 4.32. The highest BCUT2D eigenvalue weighted by Gasteiger charge is 2.39. The van der Waals surface area contributed by atoms with Gasteiger partial charge in [-0.3, -0.25) is 4.79 Å². The van der Waals surface area contributed by atoms with Crippen molar-refractivity contribution in [2.24, 2.45) is 11.3 Å². The van der Waals surface area contributed by atoms with E-state index in [0.29, 0.717) is 12.5 Å². The monoisotopic (exact) mass is 268 g/mol. The van der Waals surface area contributed by atoms with Gasteiger partial charge in [-0.1, -0.05) is 19.8 Å². The molecule has 0 bridgehead atoms. The summed E-state index contributed by atoms with van der Waals surface area (Å²) in [7, 11) is 0. The molecule has 2 N–H and O–H groups in total. The minimum Gasteiger partial charge on any atom is -0.481 e. The quantitative estimate of drug-likeness (QED) is 0.802. The number of carboxylic acids is 1. The number of urea groups is 1. The van der Waals surface area contributed by atoms with Crippen LogP contribution in [0.1, 0.15) is 45.4 Å². The molecule has 0 radical (unpaired) electrons. The summed E-state index contributed by atoms with van der Waals surface area (Å²) in [5, 5.41) is 11.9. The molecule has 2 amide bonds. The molecule has 1 aliphatic heterocycles. The fraction of sp³-hybridized carbons (Fsp3) is 0.857. The maximum atomic E-state index is 12.0. The molecule has 1 saturated heterocycles. The van der Waals surface area contributed by atoms with Crippen molar-refractivity contribution < 1.29 is 14.7 Å². The van der Waals surface area contributed by atoms with Crippen LogP contribution in [0.15, 0.2) is 0 Å². The minimum atomic E-state index is -0.763. The average Bonchev–Trinajstić information content (AvgIpc) is 2.80. The van der Waals surface area contributed by atoms with Crippen LogP contribution in [0, 0.1) is 11.3 Å². The van der Waals surface area contributed by atoms with Gasteiger partial charge in [-0.15, -0.1) is 0 Å². The standard InChI is InChI=1S/C14H24N2O3/c1-2-11-4-7-16(9-11)13(19)15-10-14(5-3-6-14)8-12(17)18/h11H,2-10H2,1H3,(H,15,19)(H,17,18). The summed E-state index contributed by atoms with van der Waals surface area (Å²) >= 11 is 0. The Morgan fingerprint density at radius 3 is 2.63 bits per heavy atom. The molecule has 1 aliphatic carbocycles. The normalized spacial score (nSPS) is 24.9. The first kappa shape index (κ1) is 14.2. The van der Waals surface area contributed by atoms with Crippen LogP contribution in [0.2, 0.25) is 0 Å². The number of rotatable bonds is 5. The molecule has 0 aromatic carbocycles. The van der Waals surface area contributed by atoms with Gasteiger partial charge >= 0.3 is 12.0 Å². The van der Waals surface area contributed by atoms with Gasteiger partial charge in [-0.25, -0.2) is 4.79 Å². The van der Waals surface area contributed by atoms with E-state index >= 15 is 0 Å². The van der Waals surface area contributed by atoms with Crippen molar-refractivity contribution in [3.05, 3.63) is 0 Å². The van der Waals surface area contributed by atoms with Crippen molar-refractivity contribution in [1.82, 2.24) is 10.2 Å².